The Kier molecular flexibility index (Phi) is 3.48. The van der Waals surface area contributed by atoms with Gasteiger partial charge in [-0.1, -0.05) is 29.8 Å². The Morgan fingerprint density at radius 1 is 1.00 bits per heavy atom. The van der Waals surface area contributed by atoms with Crippen molar-refractivity contribution < 1.29 is 0 Å². The number of halogens is 1. The van der Waals surface area contributed by atoms with Gasteiger partial charge in [-0.25, -0.2) is 0 Å². The van der Waals surface area contributed by atoms with Crippen LogP contribution in [0.4, 0.5) is 5.69 Å². The molecule has 0 bridgehead atoms. The maximum absolute atomic E-state index is 5.86. The van der Waals surface area contributed by atoms with Gasteiger partial charge in [0.15, 0.2) is 0 Å². The largest absolute Gasteiger partial charge is 0.256 e. The summed E-state index contributed by atoms with van der Waals surface area (Å²) < 4.78 is 0. The van der Waals surface area contributed by atoms with Crippen molar-refractivity contribution in [1.29, 1.82) is 0 Å². The first-order chi connectivity index (χ1) is 9.70. The second kappa shape index (κ2) is 5.43. The van der Waals surface area contributed by atoms with Crippen LogP contribution in [-0.4, -0.2) is 11.2 Å². The molecule has 0 aliphatic carbocycles. The van der Waals surface area contributed by atoms with E-state index in [0.29, 0.717) is 0 Å². The molecule has 0 aliphatic rings. The van der Waals surface area contributed by atoms with Gasteiger partial charge in [0.25, 0.3) is 0 Å². The predicted molar refractivity (Wildman–Crippen MR) is 85.2 cm³/mol. The fourth-order valence-electron chi connectivity index (χ4n) is 1.99. The predicted octanol–water partition coefficient (Wildman–Crippen LogP) is 4.95. The van der Waals surface area contributed by atoms with Gasteiger partial charge in [0.05, 0.1) is 11.2 Å². The quantitative estimate of drug-likeness (QED) is 0.610. The van der Waals surface area contributed by atoms with E-state index in [4.69, 9.17) is 11.6 Å². The summed E-state index contributed by atoms with van der Waals surface area (Å²) in [5.41, 5.74) is 3.96. The highest BCUT2D eigenvalue weighted by atomic mass is 35.5. The lowest BCUT2D eigenvalue weighted by molar-refractivity contribution is 1.25. The standard InChI is InChI=1S/C17H13ClN2/c1-12-2-5-14-10-16(8-9-17(14)20-12)19-11-13-3-6-15(18)7-4-13/h2-11H,1H3. The van der Waals surface area contributed by atoms with Crippen molar-refractivity contribution in [3.05, 3.63) is 70.9 Å². The summed E-state index contributed by atoms with van der Waals surface area (Å²) >= 11 is 5.86. The van der Waals surface area contributed by atoms with Crippen molar-refractivity contribution in [1.82, 2.24) is 4.98 Å². The van der Waals surface area contributed by atoms with E-state index in [9.17, 15) is 0 Å². The third-order valence-corrected chi connectivity index (χ3v) is 3.30. The molecule has 0 atom stereocenters. The molecule has 0 unspecified atom stereocenters. The van der Waals surface area contributed by atoms with Gasteiger partial charge in [-0.15, -0.1) is 0 Å². The number of aromatic nitrogens is 1. The van der Waals surface area contributed by atoms with Crippen LogP contribution in [0.25, 0.3) is 10.9 Å². The molecule has 0 amide bonds. The smallest absolute Gasteiger partial charge is 0.0706 e. The molecule has 0 N–H and O–H groups in total. The molecule has 20 heavy (non-hydrogen) atoms. The zero-order valence-corrected chi connectivity index (χ0v) is 11.8. The molecular weight excluding hydrogens is 268 g/mol. The average molecular weight is 281 g/mol. The molecule has 1 heterocycles. The Morgan fingerprint density at radius 3 is 2.60 bits per heavy atom. The average Bonchev–Trinajstić information content (AvgIpc) is 2.46. The number of hydrogen-bond acceptors (Lipinski definition) is 2. The number of pyridine rings is 1. The van der Waals surface area contributed by atoms with Crippen LogP contribution >= 0.6 is 11.6 Å². The third kappa shape index (κ3) is 2.86. The number of rotatable bonds is 2. The minimum atomic E-state index is 0.731. The minimum Gasteiger partial charge on any atom is -0.256 e. The van der Waals surface area contributed by atoms with E-state index < -0.39 is 0 Å². The molecular formula is C17H13ClN2. The van der Waals surface area contributed by atoms with Gasteiger partial charge in [0.2, 0.25) is 0 Å². The maximum atomic E-state index is 5.86. The summed E-state index contributed by atoms with van der Waals surface area (Å²) in [6.45, 7) is 1.99. The monoisotopic (exact) mass is 280 g/mol. The zero-order valence-electron chi connectivity index (χ0n) is 11.0. The summed E-state index contributed by atoms with van der Waals surface area (Å²) in [6, 6.07) is 17.7. The topological polar surface area (TPSA) is 25.2 Å². The first-order valence-electron chi connectivity index (χ1n) is 6.38. The van der Waals surface area contributed by atoms with Crippen molar-refractivity contribution >= 4 is 34.4 Å². The molecule has 3 heteroatoms. The SMILES string of the molecule is Cc1ccc2cc(N=Cc3ccc(Cl)cc3)ccc2n1. The number of nitrogens with zero attached hydrogens (tertiary/aromatic N) is 2. The highest BCUT2D eigenvalue weighted by Gasteiger charge is 1.97. The zero-order chi connectivity index (χ0) is 13.9. The van der Waals surface area contributed by atoms with Gasteiger partial charge in [-0.05, 0) is 48.9 Å². The number of aryl methyl sites for hydroxylation is 1. The number of aliphatic imine (C=N–C) groups is 1. The second-order valence-electron chi connectivity index (χ2n) is 4.64. The van der Waals surface area contributed by atoms with Crippen LogP contribution in [-0.2, 0) is 0 Å². The molecule has 2 aromatic carbocycles. The van der Waals surface area contributed by atoms with Crippen LogP contribution in [0.15, 0.2) is 59.6 Å². The third-order valence-electron chi connectivity index (χ3n) is 3.04. The maximum Gasteiger partial charge on any atom is 0.0706 e. The summed E-state index contributed by atoms with van der Waals surface area (Å²) in [6.07, 6.45) is 1.83. The highest BCUT2D eigenvalue weighted by molar-refractivity contribution is 6.30. The molecule has 3 aromatic rings. The Balaban J connectivity index is 1.90. The lowest BCUT2D eigenvalue weighted by atomic mass is 10.2. The van der Waals surface area contributed by atoms with Gasteiger partial charge >= 0.3 is 0 Å². The Bertz CT molecular complexity index is 777. The van der Waals surface area contributed by atoms with Gasteiger partial charge in [-0.2, -0.15) is 0 Å². The molecule has 98 valence electrons. The fraction of sp³-hybridized carbons (Fsp3) is 0.0588. The molecule has 0 aliphatic heterocycles. The second-order valence-corrected chi connectivity index (χ2v) is 5.08. The molecule has 0 saturated carbocycles. The lowest BCUT2D eigenvalue weighted by Crippen LogP contribution is -1.83. The van der Waals surface area contributed by atoms with Crippen molar-refractivity contribution in [2.24, 2.45) is 4.99 Å². The summed E-state index contributed by atoms with van der Waals surface area (Å²) in [4.78, 5) is 8.96. The van der Waals surface area contributed by atoms with E-state index in [1.807, 2.05) is 61.7 Å². The first-order valence-corrected chi connectivity index (χ1v) is 6.75. The molecule has 0 spiro atoms. The Morgan fingerprint density at radius 2 is 1.80 bits per heavy atom. The molecule has 2 nitrogen and oxygen atoms in total. The van der Waals surface area contributed by atoms with Gasteiger partial charge in [0.1, 0.15) is 0 Å². The number of hydrogen-bond donors (Lipinski definition) is 0. The van der Waals surface area contributed by atoms with Crippen LogP contribution in [0, 0.1) is 6.92 Å². The van der Waals surface area contributed by atoms with Gasteiger partial charge < -0.3 is 0 Å². The molecule has 0 saturated heterocycles. The molecule has 3 rings (SSSR count). The number of fused-ring (bicyclic) bond motifs is 1. The van der Waals surface area contributed by atoms with E-state index >= 15 is 0 Å². The van der Waals surface area contributed by atoms with E-state index in [1.54, 1.807) is 0 Å². The number of benzene rings is 2. The van der Waals surface area contributed by atoms with E-state index in [0.717, 1.165) is 32.9 Å². The first kappa shape index (κ1) is 12.8. The Hall–Kier alpha value is -2.19. The lowest BCUT2D eigenvalue weighted by Gasteiger charge is -2.00. The van der Waals surface area contributed by atoms with Crippen LogP contribution < -0.4 is 0 Å². The van der Waals surface area contributed by atoms with Crippen molar-refractivity contribution in [3.63, 3.8) is 0 Å². The van der Waals surface area contributed by atoms with Crippen molar-refractivity contribution in [3.8, 4) is 0 Å². The molecule has 0 radical (unpaired) electrons. The fourth-order valence-corrected chi connectivity index (χ4v) is 2.12. The van der Waals surface area contributed by atoms with Crippen molar-refractivity contribution in [2.75, 3.05) is 0 Å². The summed E-state index contributed by atoms with van der Waals surface area (Å²) in [5.74, 6) is 0. The van der Waals surface area contributed by atoms with Gasteiger partial charge in [-0.3, -0.25) is 9.98 Å². The minimum absolute atomic E-state index is 0.731. The van der Waals surface area contributed by atoms with E-state index in [-0.39, 0.29) is 0 Å². The summed E-state index contributed by atoms with van der Waals surface area (Å²) in [5, 5.41) is 1.83. The van der Waals surface area contributed by atoms with Crippen molar-refractivity contribution in [2.45, 2.75) is 6.92 Å². The van der Waals surface area contributed by atoms with E-state index in [1.165, 1.54) is 0 Å². The molecule has 1 aromatic heterocycles. The summed E-state index contributed by atoms with van der Waals surface area (Å²) in [7, 11) is 0. The highest BCUT2D eigenvalue weighted by Crippen LogP contribution is 2.20. The normalized spacial score (nSPS) is 11.3. The van der Waals surface area contributed by atoms with Crippen LogP contribution in [0.1, 0.15) is 11.3 Å². The van der Waals surface area contributed by atoms with Crippen LogP contribution in [0.2, 0.25) is 5.02 Å². The van der Waals surface area contributed by atoms with Crippen LogP contribution in [0.5, 0.6) is 0 Å². The van der Waals surface area contributed by atoms with E-state index in [2.05, 4.69) is 16.0 Å². The Labute approximate surface area is 122 Å². The van der Waals surface area contributed by atoms with Crippen LogP contribution in [0.3, 0.4) is 0 Å². The van der Waals surface area contributed by atoms with Gasteiger partial charge in [0, 0.05) is 22.3 Å². The molecule has 0 fully saturated rings.